The Morgan fingerprint density at radius 1 is 1.11 bits per heavy atom. The molecule has 1 N–H and O–H groups in total. The average Bonchev–Trinajstić information content (AvgIpc) is 2.67. The molecule has 0 fully saturated rings. The van der Waals surface area contributed by atoms with E-state index >= 15 is 0 Å². The van der Waals surface area contributed by atoms with Crippen molar-refractivity contribution < 1.29 is 27.5 Å². The molecule has 8 heteroatoms. The Balaban J connectivity index is 1.86. The number of methoxy groups -OCH3 is 1. The van der Waals surface area contributed by atoms with E-state index in [1.54, 1.807) is 7.11 Å². The van der Waals surface area contributed by atoms with Gasteiger partial charge < -0.3 is 14.8 Å². The predicted molar refractivity (Wildman–Crippen MR) is 104 cm³/mol. The summed E-state index contributed by atoms with van der Waals surface area (Å²) >= 11 is 0. The van der Waals surface area contributed by atoms with Crippen LogP contribution in [0.3, 0.4) is 0 Å². The molecule has 0 heterocycles. The second-order valence-electron chi connectivity index (χ2n) is 6.24. The lowest BCUT2D eigenvalue weighted by Gasteiger charge is -2.14. The van der Waals surface area contributed by atoms with Gasteiger partial charge in [-0.05, 0) is 49.2 Å². The van der Waals surface area contributed by atoms with Crippen molar-refractivity contribution >= 4 is 21.7 Å². The molecular formula is C20H23NO6S. The number of amides is 1. The molecule has 1 unspecified atom stereocenters. The summed E-state index contributed by atoms with van der Waals surface area (Å²) in [6.45, 7) is 1.84. The second-order valence-corrected chi connectivity index (χ2v) is 8.25. The minimum Gasteiger partial charge on any atom is -0.497 e. The standard InChI is InChI=1S/C20H23NO6S/c1-14(19(22)21-12-11-15-7-9-17(26-2)10-8-15)27-20(23)16-5-4-6-18(13-16)28(3,24)25/h4-10,13-14H,11-12H2,1-3H3,(H,21,22). The summed E-state index contributed by atoms with van der Waals surface area (Å²) in [5, 5.41) is 2.71. The summed E-state index contributed by atoms with van der Waals surface area (Å²) in [5.41, 5.74) is 1.10. The first-order valence-corrected chi connectivity index (χ1v) is 10.5. The summed E-state index contributed by atoms with van der Waals surface area (Å²) < 4.78 is 33.4. The lowest BCUT2D eigenvalue weighted by Crippen LogP contribution is -2.36. The maximum absolute atomic E-state index is 12.2. The molecular weight excluding hydrogens is 382 g/mol. The molecule has 0 aliphatic rings. The van der Waals surface area contributed by atoms with Crippen LogP contribution in [0.2, 0.25) is 0 Å². The van der Waals surface area contributed by atoms with Crippen molar-refractivity contribution in [2.75, 3.05) is 19.9 Å². The monoisotopic (exact) mass is 405 g/mol. The minimum atomic E-state index is -3.44. The number of rotatable bonds is 8. The first-order chi connectivity index (χ1) is 13.2. The molecule has 1 atom stereocenters. The van der Waals surface area contributed by atoms with Crippen LogP contribution in [0.1, 0.15) is 22.8 Å². The fraction of sp³-hybridized carbons (Fsp3) is 0.300. The van der Waals surface area contributed by atoms with Gasteiger partial charge in [0.1, 0.15) is 5.75 Å². The SMILES string of the molecule is COc1ccc(CCNC(=O)C(C)OC(=O)c2cccc(S(C)(=O)=O)c2)cc1. The lowest BCUT2D eigenvalue weighted by molar-refractivity contribution is -0.129. The van der Waals surface area contributed by atoms with Crippen molar-refractivity contribution in [2.24, 2.45) is 0 Å². The lowest BCUT2D eigenvalue weighted by atomic mass is 10.1. The van der Waals surface area contributed by atoms with Gasteiger partial charge in [0, 0.05) is 12.8 Å². The van der Waals surface area contributed by atoms with Crippen molar-refractivity contribution in [1.29, 1.82) is 0 Å². The molecule has 150 valence electrons. The summed E-state index contributed by atoms with van der Waals surface area (Å²) in [7, 11) is -1.85. The van der Waals surface area contributed by atoms with Crippen LogP contribution >= 0.6 is 0 Å². The van der Waals surface area contributed by atoms with Crippen LogP contribution in [0.25, 0.3) is 0 Å². The highest BCUT2D eigenvalue weighted by atomic mass is 32.2. The van der Waals surface area contributed by atoms with Crippen LogP contribution in [0.4, 0.5) is 0 Å². The molecule has 1 amide bonds. The van der Waals surface area contributed by atoms with E-state index in [1.807, 2.05) is 24.3 Å². The third kappa shape index (κ3) is 6.09. The number of esters is 1. The quantitative estimate of drug-likeness (QED) is 0.675. The van der Waals surface area contributed by atoms with E-state index < -0.39 is 27.8 Å². The van der Waals surface area contributed by atoms with Gasteiger partial charge in [0.15, 0.2) is 15.9 Å². The van der Waals surface area contributed by atoms with Gasteiger partial charge in [-0.3, -0.25) is 4.79 Å². The molecule has 0 bridgehead atoms. The van der Waals surface area contributed by atoms with Crippen molar-refractivity contribution in [3.05, 3.63) is 59.7 Å². The summed E-state index contributed by atoms with van der Waals surface area (Å²) in [6.07, 6.45) is 0.661. The van der Waals surface area contributed by atoms with Crippen molar-refractivity contribution in [3.8, 4) is 5.75 Å². The zero-order chi connectivity index (χ0) is 20.7. The molecule has 0 saturated heterocycles. The van der Waals surface area contributed by atoms with E-state index in [0.29, 0.717) is 13.0 Å². The molecule has 2 rings (SSSR count). The summed E-state index contributed by atoms with van der Waals surface area (Å²) in [6, 6.07) is 13.0. The first-order valence-electron chi connectivity index (χ1n) is 8.62. The van der Waals surface area contributed by atoms with Gasteiger partial charge in [0.05, 0.1) is 17.6 Å². The maximum atomic E-state index is 12.2. The predicted octanol–water partition coefficient (Wildman–Crippen LogP) is 2.00. The number of nitrogens with one attached hydrogen (secondary N) is 1. The zero-order valence-electron chi connectivity index (χ0n) is 16.0. The topological polar surface area (TPSA) is 98.8 Å². The van der Waals surface area contributed by atoms with E-state index in [1.165, 1.54) is 31.2 Å². The Morgan fingerprint density at radius 3 is 2.39 bits per heavy atom. The molecule has 7 nitrogen and oxygen atoms in total. The zero-order valence-corrected chi connectivity index (χ0v) is 16.8. The molecule has 2 aromatic rings. The molecule has 0 aliphatic carbocycles. The fourth-order valence-corrected chi connectivity index (χ4v) is 3.07. The van der Waals surface area contributed by atoms with E-state index in [9.17, 15) is 18.0 Å². The third-order valence-electron chi connectivity index (χ3n) is 4.02. The van der Waals surface area contributed by atoms with E-state index in [0.717, 1.165) is 17.6 Å². The van der Waals surface area contributed by atoms with Crippen molar-refractivity contribution in [1.82, 2.24) is 5.32 Å². The van der Waals surface area contributed by atoms with E-state index in [-0.39, 0.29) is 10.5 Å². The van der Waals surface area contributed by atoms with Crippen LogP contribution in [0, 0.1) is 0 Å². The Hall–Kier alpha value is -2.87. The molecule has 0 saturated carbocycles. The van der Waals surface area contributed by atoms with Gasteiger partial charge in [-0.2, -0.15) is 0 Å². The number of carbonyl (C=O) groups excluding carboxylic acids is 2. The average molecular weight is 405 g/mol. The van der Waals surface area contributed by atoms with E-state index in [2.05, 4.69) is 5.32 Å². The number of benzene rings is 2. The molecule has 0 aromatic heterocycles. The number of sulfone groups is 1. The first kappa shape index (κ1) is 21.4. The highest BCUT2D eigenvalue weighted by Gasteiger charge is 2.19. The minimum absolute atomic E-state index is 0.0125. The third-order valence-corrected chi connectivity index (χ3v) is 5.13. The second kappa shape index (κ2) is 9.36. The van der Waals surface area contributed by atoms with Gasteiger partial charge in [0.2, 0.25) is 0 Å². The Labute approximate surface area is 164 Å². The van der Waals surface area contributed by atoms with Gasteiger partial charge in [-0.25, -0.2) is 13.2 Å². The van der Waals surface area contributed by atoms with Gasteiger partial charge in [-0.15, -0.1) is 0 Å². The number of ether oxygens (including phenoxy) is 2. The number of carbonyl (C=O) groups is 2. The molecule has 28 heavy (non-hydrogen) atoms. The van der Waals surface area contributed by atoms with Gasteiger partial charge >= 0.3 is 5.97 Å². The largest absolute Gasteiger partial charge is 0.497 e. The molecule has 0 spiro atoms. The Morgan fingerprint density at radius 2 is 1.79 bits per heavy atom. The molecule has 0 radical (unpaired) electrons. The summed E-state index contributed by atoms with van der Waals surface area (Å²) in [5.74, 6) is -0.433. The molecule has 0 aliphatic heterocycles. The summed E-state index contributed by atoms with van der Waals surface area (Å²) in [4.78, 5) is 24.3. The van der Waals surface area contributed by atoms with Crippen molar-refractivity contribution in [2.45, 2.75) is 24.3 Å². The Kier molecular flexibility index (Phi) is 7.17. The number of hydrogen-bond donors (Lipinski definition) is 1. The van der Waals surface area contributed by atoms with Crippen LogP contribution < -0.4 is 10.1 Å². The van der Waals surface area contributed by atoms with Crippen LogP contribution in [0.15, 0.2) is 53.4 Å². The van der Waals surface area contributed by atoms with Gasteiger partial charge in [0.25, 0.3) is 5.91 Å². The smallest absolute Gasteiger partial charge is 0.338 e. The fourth-order valence-electron chi connectivity index (χ4n) is 2.40. The van der Waals surface area contributed by atoms with Gasteiger partial charge in [-0.1, -0.05) is 18.2 Å². The normalized spacial score (nSPS) is 12.1. The van der Waals surface area contributed by atoms with Crippen LogP contribution in [-0.4, -0.2) is 46.3 Å². The van der Waals surface area contributed by atoms with Crippen LogP contribution in [0.5, 0.6) is 5.75 Å². The maximum Gasteiger partial charge on any atom is 0.338 e. The van der Waals surface area contributed by atoms with Crippen molar-refractivity contribution in [3.63, 3.8) is 0 Å². The highest BCUT2D eigenvalue weighted by molar-refractivity contribution is 7.90. The van der Waals surface area contributed by atoms with E-state index in [4.69, 9.17) is 9.47 Å². The van der Waals surface area contributed by atoms with Crippen LogP contribution in [-0.2, 0) is 25.8 Å². The highest BCUT2D eigenvalue weighted by Crippen LogP contribution is 2.13. The molecule has 2 aromatic carbocycles. The Bertz CT molecular complexity index is 937. The number of hydrogen-bond acceptors (Lipinski definition) is 6.